The first-order chi connectivity index (χ1) is 16.5. The maximum atomic E-state index is 12.1. The molecule has 1 N–H and O–H groups in total. The third-order valence-corrected chi connectivity index (χ3v) is 8.22. The van der Waals surface area contributed by atoms with E-state index in [9.17, 15) is 4.79 Å². The largest absolute Gasteiger partial charge is 0.348 e. The lowest BCUT2D eigenvalue weighted by atomic mass is 9.86. The third kappa shape index (κ3) is 4.65. The number of carbonyl (C=O) groups is 1. The van der Waals surface area contributed by atoms with Crippen molar-refractivity contribution in [2.75, 3.05) is 31.5 Å². The zero-order chi connectivity index (χ0) is 23.7. The minimum absolute atomic E-state index is 0.0508. The zero-order valence-electron chi connectivity index (χ0n) is 19.3. The predicted octanol–water partition coefficient (Wildman–Crippen LogP) is 5.22. The molecule has 3 heterocycles. The Morgan fingerprint density at radius 1 is 1.09 bits per heavy atom. The number of likely N-dealkylation sites (tertiary alicyclic amines) is 2. The SMILES string of the molecule is CC1(N2CCC(c3ccccc3)CC2)CCN(C(C=O)Nc2ncnc3cc(Cl)c(Cl)cc23)C1. The van der Waals surface area contributed by atoms with E-state index in [1.54, 1.807) is 12.1 Å². The highest BCUT2D eigenvalue weighted by Crippen LogP contribution is 2.36. The van der Waals surface area contributed by atoms with Gasteiger partial charge in [-0.15, -0.1) is 0 Å². The molecule has 8 heteroatoms. The Morgan fingerprint density at radius 3 is 2.56 bits per heavy atom. The summed E-state index contributed by atoms with van der Waals surface area (Å²) in [4.78, 5) is 25.6. The summed E-state index contributed by atoms with van der Waals surface area (Å²) in [5.74, 6) is 1.22. The summed E-state index contributed by atoms with van der Waals surface area (Å²) in [5, 5.41) is 4.93. The Hall–Kier alpha value is -2.25. The molecule has 3 aromatic rings. The lowest BCUT2D eigenvalue weighted by molar-refractivity contribution is -0.111. The molecular weight excluding hydrogens is 469 g/mol. The maximum Gasteiger partial charge on any atom is 0.157 e. The molecule has 2 unspecified atom stereocenters. The summed E-state index contributed by atoms with van der Waals surface area (Å²) < 4.78 is 0. The van der Waals surface area contributed by atoms with Crippen LogP contribution in [0.4, 0.5) is 5.82 Å². The number of aromatic nitrogens is 2. The van der Waals surface area contributed by atoms with Crippen LogP contribution in [0.1, 0.15) is 37.7 Å². The number of carbonyl (C=O) groups excluding carboxylic acids is 1. The first kappa shape index (κ1) is 23.5. The summed E-state index contributed by atoms with van der Waals surface area (Å²) in [5.41, 5.74) is 2.18. The van der Waals surface area contributed by atoms with Crippen molar-refractivity contribution in [3.05, 3.63) is 64.4 Å². The van der Waals surface area contributed by atoms with Gasteiger partial charge in [0.1, 0.15) is 18.3 Å². The molecule has 6 nitrogen and oxygen atoms in total. The Balaban J connectivity index is 1.26. The summed E-state index contributed by atoms with van der Waals surface area (Å²) in [6, 6.07) is 14.3. The number of benzene rings is 2. The van der Waals surface area contributed by atoms with Gasteiger partial charge in [-0.3, -0.25) is 14.6 Å². The van der Waals surface area contributed by atoms with Gasteiger partial charge in [0.15, 0.2) is 6.29 Å². The Morgan fingerprint density at radius 2 is 1.82 bits per heavy atom. The van der Waals surface area contributed by atoms with E-state index >= 15 is 0 Å². The van der Waals surface area contributed by atoms with E-state index in [2.05, 4.69) is 62.3 Å². The van der Waals surface area contributed by atoms with Gasteiger partial charge in [0.2, 0.25) is 0 Å². The topological polar surface area (TPSA) is 61.4 Å². The molecule has 2 aliphatic heterocycles. The number of anilines is 1. The molecule has 0 bridgehead atoms. The molecular formula is C26H29Cl2N5O. The van der Waals surface area contributed by atoms with Gasteiger partial charge in [-0.1, -0.05) is 53.5 Å². The predicted molar refractivity (Wildman–Crippen MR) is 138 cm³/mol. The van der Waals surface area contributed by atoms with Crippen molar-refractivity contribution in [3.8, 4) is 0 Å². The van der Waals surface area contributed by atoms with Gasteiger partial charge in [-0.05, 0) is 62.9 Å². The summed E-state index contributed by atoms with van der Waals surface area (Å²) in [7, 11) is 0. The van der Waals surface area contributed by atoms with Crippen LogP contribution in [0.2, 0.25) is 10.0 Å². The van der Waals surface area contributed by atoms with Crippen LogP contribution in [0.5, 0.6) is 0 Å². The Bertz CT molecular complexity index is 1170. The van der Waals surface area contributed by atoms with Crippen molar-refractivity contribution >= 4 is 46.2 Å². The van der Waals surface area contributed by atoms with Crippen LogP contribution in [-0.2, 0) is 4.79 Å². The van der Waals surface area contributed by atoms with Gasteiger partial charge in [0.25, 0.3) is 0 Å². The molecule has 2 aliphatic rings. The molecule has 0 amide bonds. The Kier molecular flexibility index (Phi) is 6.76. The number of hydrogen-bond donors (Lipinski definition) is 1. The van der Waals surface area contributed by atoms with E-state index in [-0.39, 0.29) is 5.54 Å². The normalized spacial score (nSPS) is 23.3. The minimum Gasteiger partial charge on any atom is -0.348 e. The van der Waals surface area contributed by atoms with Crippen LogP contribution in [0.3, 0.4) is 0 Å². The molecule has 2 atom stereocenters. The van der Waals surface area contributed by atoms with Crippen LogP contribution < -0.4 is 5.32 Å². The summed E-state index contributed by atoms with van der Waals surface area (Å²) >= 11 is 12.4. The van der Waals surface area contributed by atoms with E-state index in [4.69, 9.17) is 23.2 Å². The van der Waals surface area contributed by atoms with Gasteiger partial charge in [0, 0.05) is 24.0 Å². The van der Waals surface area contributed by atoms with Crippen LogP contribution in [-0.4, -0.2) is 63.9 Å². The fourth-order valence-corrected chi connectivity index (χ4v) is 5.79. The summed E-state index contributed by atoms with van der Waals surface area (Å²) in [6.07, 6.45) is 5.33. The number of hydrogen-bond acceptors (Lipinski definition) is 6. The minimum atomic E-state index is -0.476. The van der Waals surface area contributed by atoms with Crippen molar-refractivity contribution in [2.45, 2.75) is 43.8 Å². The van der Waals surface area contributed by atoms with Crippen molar-refractivity contribution in [1.29, 1.82) is 0 Å². The second kappa shape index (κ2) is 9.78. The van der Waals surface area contributed by atoms with E-state index in [0.29, 0.717) is 27.3 Å². The molecule has 0 aliphatic carbocycles. The molecule has 178 valence electrons. The number of nitrogens with zero attached hydrogens (tertiary/aromatic N) is 4. The van der Waals surface area contributed by atoms with Gasteiger partial charge < -0.3 is 5.32 Å². The Labute approximate surface area is 210 Å². The van der Waals surface area contributed by atoms with Gasteiger partial charge >= 0.3 is 0 Å². The fraction of sp³-hybridized carbons (Fsp3) is 0.423. The summed E-state index contributed by atoms with van der Waals surface area (Å²) in [6.45, 7) is 6.17. The van der Waals surface area contributed by atoms with Crippen molar-refractivity contribution in [2.24, 2.45) is 0 Å². The van der Waals surface area contributed by atoms with E-state index in [1.807, 2.05) is 0 Å². The van der Waals surface area contributed by atoms with Crippen molar-refractivity contribution < 1.29 is 4.79 Å². The molecule has 2 saturated heterocycles. The van der Waals surface area contributed by atoms with Gasteiger partial charge in [0.05, 0.1) is 15.6 Å². The lowest BCUT2D eigenvalue weighted by Gasteiger charge is -2.43. The standard InChI is InChI=1S/C26H29Cl2N5O/c1-26(33-10-7-19(8-11-33)18-5-3-2-4-6-18)9-12-32(16-26)24(15-34)31-25-20-13-21(27)22(28)14-23(20)29-17-30-25/h2-6,13-15,17,19,24H,7-12,16H2,1H3,(H,29,30,31). The molecule has 34 heavy (non-hydrogen) atoms. The highest BCUT2D eigenvalue weighted by molar-refractivity contribution is 6.42. The average Bonchev–Trinajstić information content (AvgIpc) is 3.27. The smallest absolute Gasteiger partial charge is 0.157 e. The first-order valence-corrected chi connectivity index (χ1v) is 12.6. The third-order valence-electron chi connectivity index (χ3n) is 7.49. The van der Waals surface area contributed by atoms with Crippen LogP contribution in [0.15, 0.2) is 48.8 Å². The number of aldehydes is 1. The highest BCUT2D eigenvalue weighted by Gasteiger charge is 2.42. The zero-order valence-corrected chi connectivity index (χ0v) is 20.8. The number of nitrogens with one attached hydrogen (secondary N) is 1. The molecule has 5 rings (SSSR count). The molecule has 0 spiro atoms. The fourth-order valence-electron chi connectivity index (χ4n) is 5.47. The van der Waals surface area contributed by atoms with E-state index in [0.717, 1.165) is 44.3 Å². The van der Waals surface area contributed by atoms with Crippen LogP contribution >= 0.6 is 23.2 Å². The molecule has 1 aromatic heterocycles. The number of rotatable bonds is 6. The second-order valence-corrected chi connectivity index (χ2v) is 10.4. The number of piperidine rings is 1. The van der Waals surface area contributed by atoms with E-state index in [1.165, 1.54) is 24.7 Å². The van der Waals surface area contributed by atoms with Gasteiger partial charge in [-0.25, -0.2) is 9.97 Å². The first-order valence-electron chi connectivity index (χ1n) is 11.8. The van der Waals surface area contributed by atoms with Gasteiger partial charge in [-0.2, -0.15) is 0 Å². The second-order valence-electron chi connectivity index (χ2n) is 9.62. The number of halogens is 2. The monoisotopic (exact) mass is 497 g/mol. The van der Waals surface area contributed by atoms with E-state index < -0.39 is 6.17 Å². The number of fused-ring (bicyclic) bond motifs is 1. The lowest BCUT2D eigenvalue weighted by Crippen LogP contribution is -2.53. The van der Waals surface area contributed by atoms with Crippen LogP contribution in [0.25, 0.3) is 10.9 Å². The quantitative estimate of drug-likeness (QED) is 0.471. The van der Waals surface area contributed by atoms with Crippen molar-refractivity contribution in [1.82, 2.24) is 19.8 Å². The molecule has 0 saturated carbocycles. The van der Waals surface area contributed by atoms with Crippen LogP contribution in [0, 0.1) is 0 Å². The highest BCUT2D eigenvalue weighted by atomic mass is 35.5. The maximum absolute atomic E-state index is 12.1. The molecule has 2 aromatic carbocycles. The average molecular weight is 498 g/mol. The molecule has 0 radical (unpaired) electrons. The van der Waals surface area contributed by atoms with Crippen molar-refractivity contribution in [3.63, 3.8) is 0 Å². The molecule has 2 fully saturated rings.